The molecule has 0 saturated heterocycles. The molecule has 0 aromatic rings. The molecule has 22 heavy (non-hydrogen) atoms. The first-order valence-electron chi connectivity index (χ1n) is 8.24. The summed E-state index contributed by atoms with van der Waals surface area (Å²) in [5.41, 5.74) is -1.88. The average Bonchev–Trinajstić information content (AvgIpc) is 2.39. The molecule has 1 N–H and O–H groups in total. The second-order valence-corrected chi connectivity index (χ2v) is 7.51. The molecular weight excluding hydrogens is 280 g/mol. The van der Waals surface area contributed by atoms with Gasteiger partial charge in [0.05, 0.1) is 11.2 Å². The van der Waals surface area contributed by atoms with Gasteiger partial charge in [-0.1, -0.05) is 19.9 Å². The minimum absolute atomic E-state index is 0.294. The van der Waals surface area contributed by atoms with Crippen molar-refractivity contribution in [1.29, 1.82) is 0 Å². The zero-order valence-electron chi connectivity index (χ0n) is 15.0. The van der Waals surface area contributed by atoms with E-state index in [0.29, 0.717) is 5.57 Å². The Morgan fingerprint density at radius 2 is 1.91 bits per heavy atom. The molecule has 1 saturated carbocycles. The molecule has 4 nitrogen and oxygen atoms in total. The standard InChI is InChI=1S/C18H32O4/c1-8-18(22-17(6,7)16(4,5)20)12-10-9-11-14(18)21-15(19)13(2)3/h14,20H,2,8-12H2,1,3-7H3. The van der Waals surface area contributed by atoms with E-state index in [-0.39, 0.29) is 12.1 Å². The zero-order valence-corrected chi connectivity index (χ0v) is 15.0. The van der Waals surface area contributed by atoms with Crippen molar-refractivity contribution < 1.29 is 19.4 Å². The highest BCUT2D eigenvalue weighted by molar-refractivity contribution is 5.87. The summed E-state index contributed by atoms with van der Waals surface area (Å²) < 4.78 is 12.1. The van der Waals surface area contributed by atoms with Crippen molar-refractivity contribution in [1.82, 2.24) is 0 Å². The van der Waals surface area contributed by atoms with E-state index in [0.717, 1.165) is 32.1 Å². The lowest BCUT2D eigenvalue weighted by molar-refractivity contribution is -0.255. The summed E-state index contributed by atoms with van der Waals surface area (Å²) in [7, 11) is 0. The van der Waals surface area contributed by atoms with Crippen molar-refractivity contribution in [3.05, 3.63) is 12.2 Å². The Morgan fingerprint density at radius 3 is 2.36 bits per heavy atom. The molecular formula is C18H32O4. The van der Waals surface area contributed by atoms with Gasteiger partial charge >= 0.3 is 5.97 Å². The average molecular weight is 312 g/mol. The first-order valence-corrected chi connectivity index (χ1v) is 8.24. The number of aliphatic hydroxyl groups is 1. The van der Waals surface area contributed by atoms with Crippen LogP contribution in [0.25, 0.3) is 0 Å². The van der Waals surface area contributed by atoms with Gasteiger partial charge in [-0.05, 0) is 60.3 Å². The molecule has 0 bridgehead atoms. The summed E-state index contributed by atoms with van der Waals surface area (Å²) in [6, 6.07) is 0. The van der Waals surface area contributed by atoms with Crippen LogP contribution in [0.3, 0.4) is 0 Å². The normalized spacial score (nSPS) is 26.6. The van der Waals surface area contributed by atoms with Crippen LogP contribution in [0.1, 0.15) is 73.6 Å². The number of carbonyl (C=O) groups excluding carboxylic acids is 1. The van der Waals surface area contributed by atoms with Crippen LogP contribution in [0.2, 0.25) is 0 Å². The highest BCUT2D eigenvalue weighted by Gasteiger charge is 2.49. The zero-order chi connectivity index (χ0) is 17.2. The fourth-order valence-corrected chi connectivity index (χ4v) is 2.80. The SMILES string of the molecule is C=C(C)C(=O)OC1CCCCC1(CC)OC(C)(C)C(C)(C)O. The number of hydrogen-bond acceptors (Lipinski definition) is 4. The molecule has 1 fully saturated rings. The maximum Gasteiger partial charge on any atom is 0.333 e. The van der Waals surface area contributed by atoms with Crippen LogP contribution in [0.5, 0.6) is 0 Å². The van der Waals surface area contributed by atoms with Crippen LogP contribution in [-0.2, 0) is 14.3 Å². The summed E-state index contributed by atoms with van der Waals surface area (Å²) in [6.07, 6.45) is 4.11. The third kappa shape index (κ3) is 4.11. The van der Waals surface area contributed by atoms with E-state index in [1.54, 1.807) is 20.8 Å². The van der Waals surface area contributed by atoms with Gasteiger partial charge in [-0.15, -0.1) is 0 Å². The number of rotatable bonds is 6. The maximum absolute atomic E-state index is 12.0. The fourth-order valence-electron chi connectivity index (χ4n) is 2.80. The van der Waals surface area contributed by atoms with Gasteiger partial charge in [0, 0.05) is 5.57 Å². The Labute approximate surface area is 134 Å². The largest absolute Gasteiger partial charge is 0.456 e. The molecule has 1 rings (SSSR count). The molecule has 0 heterocycles. The second kappa shape index (κ2) is 6.71. The molecule has 4 heteroatoms. The molecule has 0 aliphatic heterocycles. The van der Waals surface area contributed by atoms with Crippen LogP contribution in [-0.4, -0.2) is 34.0 Å². The van der Waals surface area contributed by atoms with Crippen molar-refractivity contribution >= 4 is 5.97 Å². The van der Waals surface area contributed by atoms with Gasteiger partial charge < -0.3 is 14.6 Å². The molecule has 0 amide bonds. The quantitative estimate of drug-likeness (QED) is 0.599. The second-order valence-electron chi connectivity index (χ2n) is 7.51. The van der Waals surface area contributed by atoms with Gasteiger partial charge in [-0.2, -0.15) is 0 Å². The van der Waals surface area contributed by atoms with E-state index in [1.807, 2.05) is 20.8 Å². The first-order chi connectivity index (χ1) is 9.95. The van der Waals surface area contributed by atoms with Crippen molar-refractivity contribution in [3.8, 4) is 0 Å². The molecule has 1 aliphatic carbocycles. The molecule has 2 atom stereocenters. The minimum Gasteiger partial charge on any atom is -0.456 e. The third-order valence-corrected chi connectivity index (χ3v) is 5.03. The fraction of sp³-hybridized carbons (Fsp3) is 0.833. The number of esters is 1. The molecule has 0 aromatic carbocycles. The minimum atomic E-state index is -0.991. The number of ether oxygens (including phenoxy) is 2. The topological polar surface area (TPSA) is 55.8 Å². The Bertz CT molecular complexity index is 419. The summed E-state index contributed by atoms with van der Waals surface area (Å²) in [5, 5.41) is 10.4. The molecule has 0 spiro atoms. The highest BCUT2D eigenvalue weighted by atomic mass is 16.6. The molecule has 0 aromatic heterocycles. The Kier molecular flexibility index (Phi) is 5.85. The van der Waals surface area contributed by atoms with E-state index in [9.17, 15) is 9.90 Å². The lowest BCUT2D eigenvalue weighted by Gasteiger charge is -2.50. The van der Waals surface area contributed by atoms with Gasteiger partial charge in [-0.25, -0.2) is 4.79 Å². The van der Waals surface area contributed by atoms with Gasteiger partial charge in [0.15, 0.2) is 0 Å². The third-order valence-electron chi connectivity index (χ3n) is 5.03. The van der Waals surface area contributed by atoms with Gasteiger partial charge in [0.25, 0.3) is 0 Å². The van der Waals surface area contributed by atoms with E-state index < -0.39 is 16.8 Å². The highest BCUT2D eigenvalue weighted by Crippen LogP contribution is 2.42. The van der Waals surface area contributed by atoms with Crippen LogP contribution in [0.4, 0.5) is 0 Å². The molecule has 1 aliphatic rings. The lowest BCUT2D eigenvalue weighted by Crippen LogP contribution is -2.58. The molecule has 128 valence electrons. The van der Waals surface area contributed by atoms with Crippen molar-refractivity contribution in [2.75, 3.05) is 0 Å². The van der Waals surface area contributed by atoms with Crippen LogP contribution in [0.15, 0.2) is 12.2 Å². The van der Waals surface area contributed by atoms with Gasteiger partial charge in [0.1, 0.15) is 11.7 Å². The summed E-state index contributed by atoms with van der Waals surface area (Å²) >= 11 is 0. The smallest absolute Gasteiger partial charge is 0.333 e. The predicted octanol–water partition coefficient (Wildman–Crippen LogP) is 3.76. The molecule has 0 radical (unpaired) electrons. The van der Waals surface area contributed by atoms with E-state index in [2.05, 4.69) is 6.58 Å². The van der Waals surface area contributed by atoms with Crippen LogP contribution in [0, 0.1) is 0 Å². The first kappa shape index (κ1) is 19.2. The Balaban J connectivity index is 3.04. The van der Waals surface area contributed by atoms with E-state index >= 15 is 0 Å². The Morgan fingerprint density at radius 1 is 1.32 bits per heavy atom. The van der Waals surface area contributed by atoms with E-state index in [1.165, 1.54) is 0 Å². The number of hydrogen-bond donors (Lipinski definition) is 1. The monoisotopic (exact) mass is 312 g/mol. The van der Waals surface area contributed by atoms with E-state index in [4.69, 9.17) is 9.47 Å². The van der Waals surface area contributed by atoms with Crippen molar-refractivity contribution in [3.63, 3.8) is 0 Å². The van der Waals surface area contributed by atoms with Gasteiger partial charge in [-0.3, -0.25) is 0 Å². The summed E-state index contributed by atoms with van der Waals surface area (Å²) in [5.74, 6) is -0.366. The molecule has 2 unspecified atom stereocenters. The van der Waals surface area contributed by atoms with Crippen LogP contribution >= 0.6 is 0 Å². The summed E-state index contributed by atoms with van der Waals surface area (Å²) in [6.45, 7) is 14.6. The summed E-state index contributed by atoms with van der Waals surface area (Å²) in [4.78, 5) is 12.0. The van der Waals surface area contributed by atoms with Gasteiger partial charge in [0.2, 0.25) is 0 Å². The number of carbonyl (C=O) groups is 1. The van der Waals surface area contributed by atoms with Crippen LogP contribution < -0.4 is 0 Å². The Hall–Kier alpha value is -0.870. The van der Waals surface area contributed by atoms with Crippen molar-refractivity contribution in [2.24, 2.45) is 0 Å². The lowest BCUT2D eigenvalue weighted by atomic mass is 9.78. The van der Waals surface area contributed by atoms with Crippen molar-refractivity contribution in [2.45, 2.75) is 96.6 Å². The predicted molar refractivity (Wildman–Crippen MR) is 87.6 cm³/mol. The maximum atomic E-state index is 12.0.